The molecule has 0 aliphatic carbocycles. The number of anilines is 2. The molecule has 0 saturated carbocycles. The van der Waals surface area contributed by atoms with Crippen LogP contribution in [0.25, 0.3) is 11.4 Å². The number of nitrogens with zero attached hydrogens (tertiary/aromatic N) is 4. The first-order valence-electron chi connectivity index (χ1n) is 11.6. The fraction of sp³-hybridized carbons (Fsp3) is 0.185. The summed E-state index contributed by atoms with van der Waals surface area (Å²) < 4.78 is 12.6. The number of ether oxygens (including phenoxy) is 2. The molecule has 1 aliphatic heterocycles. The number of pyridine rings is 1. The van der Waals surface area contributed by atoms with Crippen molar-refractivity contribution in [1.29, 1.82) is 0 Å². The summed E-state index contributed by atoms with van der Waals surface area (Å²) in [5, 5.41) is 11.0. The van der Waals surface area contributed by atoms with Crippen LogP contribution in [-0.2, 0) is 4.79 Å². The molecule has 2 aromatic heterocycles. The molecule has 1 aliphatic rings. The van der Waals surface area contributed by atoms with Gasteiger partial charge in [-0.05, 0) is 67.9 Å². The predicted molar refractivity (Wildman–Crippen MR) is 137 cm³/mol. The summed E-state index contributed by atoms with van der Waals surface area (Å²) >= 11 is 0. The van der Waals surface area contributed by atoms with E-state index in [2.05, 4.69) is 15.6 Å². The minimum Gasteiger partial charge on any atom is -0.497 e. The average Bonchev–Trinajstić information content (AvgIpc) is 3.33. The van der Waals surface area contributed by atoms with Crippen molar-refractivity contribution < 1.29 is 14.3 Å². The standard InChI is InChI=1S/C27H26N6O3/c1-4-36-22-13-7-18(8-14-22)24-23(26(34)30-20-6-5-15-28-16-20)17(2)29-27-31-25(32-33(24)27)19-9-11-21(35-3)12-10-19/h5-16,24H,4H2,1-3H3,(H,30,34)(H,29,31,32). The Labute approximate surface area is 208 Å². The Morgan fingerprint density at radius 2 is 1.83 bits per heavy atom. The van der Waals surface area contributed by atoms with Crippen LogP contribution in [0.4, 0.5) is 11.6 Å². The zero-order valence-electron chi connectivity index (χ0n) is 20.2. The van der Waals surface area contributed by atoms with E-state index in [9.17, 15) is 4.79 Å². The highest BCUT2D eigenvalue weighted by atomic mass is 16.5. The van der Waals surface area contributed by atoms with E-state index in [1.54, 1.807) is 36.3 Å². The van der Waals surface area contributed by atoms with Crippen LogP contribution < -0.4 is 20.1 Å². The maximum absolute atomic E-state index is 13.6. The molecule has 1 unspecified atom stereocenters. The van der Waals surface area contributed by atoms with Gasteiger partial charge >= 0.3 is 0 Å². The molecule has 0 radical (unpaired) electrons. The lowest BCUT2D eigenvalue weighted by Gasteiger charge is -2.28. The van der Waals surface area contributed by atoms with E-state index < -0.39 is 6.04 Å². The van der Waals surface area contributed by atoms with Crippen LogP contribution in [0.15, 0.2) is 84.3 Å². The molecule has 2 N–H and O–H groups in total. The van der Waals surface area contributed by atoms with E-state index in [1.807, 2.05) is 62.4 Å². The van der Waals surface area contributed by atoms with Gasteiger partial charge in [-0.1, -0.05) is 12.1 Å². The minimum absolute atomic E-state index is 0.251. The van der Waals surface area contributed by atoms with Crippen molar-refractivity contribution >= 4 is 17.5 Å². The third-order valence-corrected chi connectivity index (χ3v) is 5.87. The van der Waals surface area contributed by atoms with E-state index in [4.69, 9.17) is 19.6 Å². The Bertz CT molecular complexity index is 1400. The van der Waals surface area contributed by atoms with Gasteiger partial charge in [0.25, 0.3) is 5.91 Å². The van der Waals surface area contributed by atoms with Crippen molar-refractivity contribution in [2.24, 2.45) is 0 Å². The molecule has 9 nitrogen and oxygen atoms in total. The van der Waals surface area contributed by atoms with Crippen molar-refractivity contribution in [3.63, 3.8) is 0 Å². The Kier molecular flexibility index (Phi) is 6.36. The van der Waals surface area contributed by atoms with E-state index in [-0.39, 0.29) is 5.91 Å². The number of methoxy groups -OCH3 is 1. The predicted octanol–water partition coefficient (Wildman–Crippen LogP) is 4.68. The number of allylic oxidation sites excluding steroid dienone is 1. The summed E-state index contributed by atoms with van der Waals surface area (Å²) in [5.74, 6) is 2.35. The van der Waals surface area contributed by atoms with Gasteiger partial charge in [0, 0.05) is 17.5 Å². The van der Waals surface area contributed by atoms with Gasteiger partial charge < -0.3 is 20.1 Å². The molecular formula is C27H26N6O3. The Morgan fingerprint density at radius 1 is 1.08 bits per heavy atom. The van der Waals surface area contributed by atoms with Gasteiger partial charge in [0.15, 0.2) is 5.82 Å². The highest BCUT2D eigenvalue weighted by molar-refractivity contribution is 6.05. The normalized spacial score (nSPS) is 14.6. The number of nitrogens with one attached hydrogen (secondary N) is 2. The molecule has 4 aromatic rings. The highest BCUT2D eigenvalue weighted by Gasteiger charge is 2.34. The topological polar surface area (TPSA) is 103 Å². The number of carbonyl (C=O) groups excluding carboxylic acids is 1. The number of hydrogen-bond acceptors (Lipinski definition) is 7. The summed E-state index contributed by atoms with van der Waals surface area (Å²) in [7, 11) is 1.63. The number of hydrogen-bond donors (Lipinski definition) is 2. The van der Waals surface area contributed by atoms with Gasteiger partial charge in [-0.15, -0.1) is 5.10 Å². The molecule has 2 aromatic carbocycles. The van der Waals surface area contributed by atoms with Crippen LogP contribution in [0.3, 0.4) is 0 Å². The first-order chi connectivity index (χ1) is 17.6. The second-order valence-corrected chi connectivity index (χ2v) is 8.20. The molecule has 1 amide bonds. The van der Waals surface area contributed by atoms with Gasteiger partial charge in [0.2, 0.25) is 5.95 Å². The van der Waals surface area contributed by atoms with Crippen LogP contribution in [-0.4, -0.2) is 39.4 Å². The second kappa shape index (κ2) is 9.91. The summed E-state index contributed by atoms with van der Waals surface area (Å²) in [6.07, 6.45) is 3.27. The van der Waals surface area contributed by atoms with Gasteiger partial charge in [-0.3, -0.25) is 9.78 Å². The maximum atomic E-state index is 13.6. The minimum atomic E-state index is -0.506. The number of aromatic nitrogens is 4. The van der Waals surface area contributed by atoms with Crippen molar-refractivity contribution in [2.45, 2.75) is 19.9 Å². The van der Waals surface area contributed by atoms with Crippen LogP contribution >= 0.6 is 0 Å². The van der Waals surface area contributed by atoms with E-state index in [1.165, 1.54) is 0 Å². The molecule has 3 heterocycles. The van der Waals surface area contributed by atoms with Gasteiger partial charge in [0.05, 0.1) is 31.2 Å². The van der Waals surface area contributed by atoms with E-state index >= 15 is 0 Å². The SMILES string of the molecule is CCOc1ccc(C2C(C(=O)Nc3cccnc3)=C(C)Nc3nc(-c4ccc(OC)cc4)nn32)cc1. The van der Waals surface area contributed by atoms with Gasteiger partial charge in [-0.2, -0.15) is 4.98 Å². The number of benzene rings is 2. The van der Waals surface area contributed by atoms with E-state index in [0.717, 1.165) is 22.6 Å². The molecule has 0 fully saturated rings. The largest absolute Gasteiger partial charge is 0.497 e. The first-order valence-corrected chi connectivity index (χ1v) is 11.6. The van der Waals surface area contributed by atoms with Crippen LogP contribution in [0, 0.1) is 0 Å². The summed E-state index contributed by atoms with van der Waals surface area (Å²) in [5.41, 5.74) is 3.54. The molecular weight excluding hydrogens is 456 g/mol. The molecule has 36 heavy (non-hydrogen) atoms. The zero-order chi connectivity index (χ0) is 25.1. The molecule has 0 bridgehead atoms. The number of fused-ring (bicyclic) bond motifs is 1. The van der Waals surface area contributed by atoms with Gasteiger partial charge in [0.1, 0.15) is 17.5 Å². The smallest absolute Gasteiger partial charge is 0.255 e. The number of carbonyl (C=O) groups is 1. The Balaban J connectivity index is 1.57. The lowest BCUT2D eigenvalue weighted by molar-refractivity contribution is -0.113. The first kappa shape index (κ1) is 23.1. The number of amides is 1. The molecule has 5 rings (SSSR count). The Morgan fingerprint density at radius 3 is 2.50 bits per heavy atom. The monoisotopic (exact) mass is 482 g/mol. The third-order valence-electron chi connectivity index (χ3n) is 5.87. The lowest BCUT2D eigenvalue weighted by atomic mass is 9.95. The maximum Gasteiger partial charge on any atom is 0.255 e. The van der Waals surface area contributed by atoms with Crippen LogP contribution in [0.1, 0.15) is 25.5 Å². The average molecular weight is 483 g/mol. The molecule has 0 saturated heterocycles. The fourth-order valence-corrected chi connectivity index (χ4v) is 4.16. The van der Waals surface area contributed by atoms with Crippen molar-refractivity contribution in [1.82, 2.24) is 19.7 Å². The summed E-state index contributed by atoms with van der Waals surface area (Å²) in [6, 6.07) is 18.3. The molecule has 9 heteroatoms. The second-order valence-electron chi connectivity index (χ2n) is 8.20. The number of rotatable bonds is 7. The fourth-order valence-electron chi connectivity index (χ4n) is 4.16. The quantitative estimate of drug-likeness (QED) is 0.394. The van der Waals surface area contributed by atoms with Crippen LogP contribution in [0.2, 0.25) is 0 Å². The highest BCUT2D eigenvalue weighted by Crippen LogP contribution is 2.37. The van der Waals surface area contributed by atoms with Crippen molar-refractivity contribution in [3.8, 4) is 22.9 Å². The van der Waals surface area contributed by atoms with Crippen molar-refractivity contribution in [2.75, 3.05) is 24.4 Å². The van der Waals surface area contributed by atoms with Crippen LogP contribution in [0.5, 0.6) is 11.5 Å². The lowest BCUT2D eigenvalue weighted by Crippen LogP contribution is -2.31. The molecule has 1 atom stereocenters. The summed E-state index contributed by atoms with van der Waals surface area (Å²) in [4.78, 5) is 22.4. The molecule has 182 valence electrons. The van der Waals surface area contributed by atoms with Crippen molar-refractivity contribution in [3.05, 3.63) is 89.9 Å². The van der Waals surface area contributed by atoms with E-state index in [0.29, 0.717) is 35.3 Å². The summed E-state index contributed by atoms with van der Waals surface area (Å²) in [6.45, 7) is 4.38. The zero-order valence-corrected chi connectivity index (χ0v) is 20.2. The molecule has 0 spiro atoms. The Hall–Kier alpha value is -4.66. The third kappa shape index (κ3) is 4.50. The van der Waals surface area contributed by atoms with Gasteiger partial charge in [-0.25, -0.2) is 4.68 Å².